The van der Waals surface area contributed by atoms with E-state index in [0.717, 1.165) is 11.3 Å². The third-order valence-electron chi connectivity index (χ3n) is 2.60. The van der Waals surface area contributed by atoms with Crippen molar-refractivity contribution in [2.24, 2.45) is 0 Å². The molecule has 1 aromatic heterocycles. The molecule has 0 spiro atoms. The van der Waals surface area contributed by atoms with E-state index in [2.05, 4.69) is 0 Å². The molecule has 0 amide bonds. The maximum atomic E-state index is 12.2. The van der Waals surface area contributed by atoms with Gasteiger partial charge < -0.3 is 5.11 Å². The van der Waals surface area contributed by atoms with Crippen LogP contribution in [0.3, 0.4) is 0 Å². The highest BCUT2D eigenvalue weighted by atomic mass is 35.5. The van der Waals surface area contributed by atoms with Gasteiger partial charge in [0.2, 0.25) is 10.0 Å². The monoisotopic (exact) mass is 315 g/mol. The highest BCUT2D eigenvalue weighted by Crippen LogP contribution is 2.36. The van der Waals surface area contributed by atoms with Crippen LogP contribution < -0.4 is 0 Å². The van der Waals surface area contributed by atoms with E-state index >= 15 is 0 Å². The minimum atomic E-state index is -3.64. The number of nitrogens with zero attached hydrogens (tertiary/aromatic N) is 1. The van der Waals surface area contributed by atoms with Gasteiger partial charge in [-0.25, -0.2) is 8.42 Å². The first kappa shape index (κ1) is 13.6. The quantitative estimate of drug-likeness (QED) is 0.910. The molecule has 1 saturated heterocycles. The average molecular weight is 316 g/mol. The first-order valence-corrected chi connectivity index (χ1v) is 8.05. The van der Waals surface area contributed by atoms with Crippen molar-refractivity contribution in [2.45, 2.75) is 23.8 Å². The Morgan fingerprint density at radius 2 is 2.18 bits per heavy atom. The summed E-state index contributed by atoms with van der Waals surface area (Å²) < 4.78 is 26.2. The molecule has 1 N–H and O–H groups in total. The largest absolute Gasteiger partial charge is 0.392 e. The highest BCUT2D eigenvalue weighted by Gasteiger charge is 2.32. The number of hydrogen-bond acceptors (Lipinski definition) is 4. The van der Waals surface area contributed by atoms with Crippen LogP contribution in [0.2, 0.25) is 8.67 Å². The SMILES string of the molecule is O=S(=O)(c1cc(Cl)sc1Cl)N1CCC[C@H](O)C1. The molecule has 1 aromatic rings. The summed E-state index contributed by atoms with van der Waals surface area (Å²) in [6.07, 6.45) is 0.673. The fourth-order valence-corrected chi connectivity index (χ4v) is 5.41. The summed E-state index contributed by atoms with van der Waals surface area (Å²) in [5, 5.41) is 9.50. The fourth-order valence-electron chi connectivity index (χ4n) is 1.78. The summed E-state index contributed by atoms with van der Waals surface area (Å²) in [6.45, 7) is 0.523. The van der Waals surface area contributed by atoms with Crippen LogP contribution in [0.15, 0.2) is 11.0 Å². The summed E-state index contributed by atoms with van der Waals surface area (Å²) in [5.41, 5.74) is 0. The number of aliphatic hydroxyl groups is 1. The molecule has 2 rings (SSSR count). The lowest BCUT2D eigenvalue weighted by Crippen LogP contribution is -2.42. The predicted molar refractivity (Wildman–Crippen MR) is 68.3 cm³/mol. The van der Waals surface area contributed by atoms with Gasteiger partial charge in [-0.1, -0.05) is 23.2 Å². The molecule has 96 valence electrons. The molecule has 1 aliphatic heterocycles. The number of hydrogen-bond donors (Lipinski definition) is 1. The van der Waals surface area contributed by atoms with Gasteiger partial charge in [-0.15, -0.1) is 11.3 Å². The lowest BCUT2D eigenvalue weighted by molar-refractivity contribution is 0.108. The van der Waals surface area contributed by atoms with Crippen molar-refractivity contribution >= 4 is 44.6 Å². The van der Waals surface area contributed by atoms with Crippen LogP contribution in [0.5, 0.6) is 0 Å². The van der Waals surface area contributed by atoms with Crippen LogP contribution in [0.1, 0.15) is 12.8 Å². The number of halogens is 2. The lowest BCUT2D eigenvalue weighted by atomic mass is 10.1. The minimum absolute atomic E-state index is 0.0308. The van der Waals surface area contributed by atoms with E-state index in [4.69, 9.17) is 23.2 Å². The number of piperidine rings is 1. The topological polar surface area (TPSA) is 57.6 Å². The van der Waals surface area contributed by atoms with Crippen molar-refractivity contribution in [3.8, 4) is 0 Å². The zero-order valence-corrected chi connectivity index (χ0v) is 11.9. The zero-order valence-electron chi connectivity index (χ0n) is 8.77. The van der Waals surface area contributed by atoms with E-state index < -0.39 is 16.1 Å². The van der Waals surface area contributed by atoms with Gasteiger partial charge in [-0.05, 0) is 18.9 Å². The molecule has 0 radical (unpaired) electrons. The van der Waals surface area contributed by atoms with Gasteiger partial charge in [0.05, 0.1) is 10.4 Å². The Balaban J connectivity index is 2.33. The fraction of sp³-hybridized carbons (Fsp3) is 0.556. The Kier molecular flexibility index (Phi) is 4.02. The molecule has 17 heavy (non-hydrogen) atoms. The van der Waals surface area contributed by atoms with E-state index in [-0.39, 0.29) is 15.8 Å². The second-order valence-electron chi connectivity index (χ2n) is 3.85. The first-order chi connectivity index (χ1) is 7.91. The molecule has 0 unspecified atom stereocenters. The Bertz CT molecular complexity index is 514. The Labute approximate surface area is 114 Å². The number of aliphatic hydroxyl groups excluding tert-OH is 1. The minimum Gasteiger partial charge on any atom is -0.392 e. The smallest absolute Gasteiger partial charge is 0.245 e. The summed E-state index contributed by atoms with van der Waals surface area (Å²) >= 11 is 12.6. The summed E-state index contributed by atoms with van der Waals surface area (Å²) in [6, 6.07) is 1.35. The Morgan fingerprint density at radius 1 is 1.47 bits per heavy atom. The van der Waals surface area contributed by atoms with Gasteiger partial charge in [0.1, 0.15) is 9.23 Å². The van der Waals surface area contributed by atoms with Crippen molar-refractivity contribution in [3.05, 3.63) is 14.7 Å². The zero-order chi connectivity index (χ0) is 12.6. The number of sulfonamides is 1. The van der Waals surface area contributed by atoms with E-state index in [0.29, 0.717) is 23.7 Å². The molecule has 4 nitrogen and oxygen atoms in total. The Hall–Kier alpha value is 0.150. The van der Waals surface area contributed by atoms with Crippen LogP contribution in [-0.4, -0.2) is 37.0 Å². The van der Waals surface area contributed by atoms with Crippen molar-refractivity contribution < 1.29 is 13.5 Å². The normalized spacial score (nSPS) is 22.9. The molecular weight excluding hydrogens is 305 g/mol. The summed E-state index contributed by atoms with van der Waals surface area (Å²) in [4.78, 5) is 0.0308. The van der Waals surface area contributed by atoms with Gasteiger partial charge in [-0.3, -0.25) is 0 Å². The molecule has 1 fully saturated rings. The van der Waals surface area contributed by atoms with Crippen LogP contribution in [0.4, 0.5) is 0 Å². The van der Waals surface area contributed by atoms with E-state index in [1.54, 1.807) is 0 Å². The van der Waals surface area contributed by atoms with Crippen LogP contribution in [0.25, 0.3) is 0 Å². The average Bonchev–Trinajstić information content (AvgIpc) is 2.58. The molecule has 0 aliphatic carbocycles. The molecular formula is C9H11Cl2NO3S2. The van der Waals surface area contributed by atoms with Crippen molar-refractivity contribution in [2.75, 3.05) is 13.1 Å². The summed E-state index contributed by atoms with van der Waals surface area (Å²) in [5.74, 6) is 0. The molecule has 1 aliphatic rings. The molecule has 1 atom stereocenters. The van der Waals surface area contributed by atoms with Crippen LogP contribution >= 0.6 is 34.5 Å². The van der Waals surface area contributed by atoms with Gasteiger partial charge in [0, 0.05) is 13.1 Å². The Morgan fingerprint density at radius 3 is 2.71 bits per heavy atom. The third-order valence-corrected chi connectivity index (χ3v) is 6.22. The number of β-amino-alcohol motifs (C(OH)–C–C–N with tert-alkyl or cyclic N) is 1. The van der Waals surface area contributed by atoms with Gasteiger partial charge >= 0.3 is 0 Å². The number of rotatable bonds is 2. The van der Waals surface area contributed by atoms with E-state index in [1.807, 2.05) is 0 Å². The van der Waals surface area contributed by atoms with Crippen LogP contribution in [-0.2, 0) is 10.0 Å². The van der Waals surface area contributed by atoms with Gasteiger partial charge in [0.15, 0.2) is 0 Å². The van der Waals surface area contributed by atoms with E-state index in [9.17, 15) is 13.5 Å². The summed E-state index contributed by atoms with van der Waals surface area (Å²) in [7, 11) is -3.64. The molecule has 0 bridgehead atoms. The lowest BCUT2D eigenvalue weighted by Gasteiger charge is -2.28. The van der Waals surface area contributed by atoms with Gasteiger partial charge in [0.25, 0.3) is 0 Å². The van der Waals surface area contributed by atoms with E-state index in [1.165, 1.54) is 10.4 Å². The molecule has 2 heterocycles. The van der Waals surface area contributed by atoms with Gasteiger partial charge in [-0.2, -0.15) is 4.31 Å². The second-order valence-corrected chi connectivity index (χ2v) is 8.04. The highest BCUT2D eigenvalue weighted by molar-refractivity contribution is 7.89. The first-order valence-electron chi connectivity index (χ1n) is 5.04. The number of thiophene rings is 1. The maximum absolute atomic E-state index is 12.2. The van der Waals surface area contributed by atoms with Crippen LogP contribution in [0, 0.1) is 0 Å². The maximum Gasteiger partial charge on any atom is 0.245 e. The van der Waals surface area contributed by atoms with Crippen molar-refractivity contribution in [3.63, 3.8) is 0 Å². The second kappa shape index (κ2) is 5.03. The predicted octanol–water partition coefficient (Wildman–Crippen LogP) is 2.20. The molecule has 0 aromatic carbocycles. The van der Waals surface area contributed by atoms with Crippen molar-refractivity contribution in [1.29, 1.82) is 0 Å². The van der Waals surface area contributed by atoms with Crippen molar-refractivity contribution in [1.82, 2.24) is 4.31 Å². The molecule has 8 heteroatoms. The third kappa shape index (κ3) is 2.77. The molecule has 0 saturated carbocycles. The standard InChI is InChI=1S/C9H11Cl2NO3S2/c10-8-4-7(9(11)16-8)17(14,15)12-3-1-2-6(13)5-12/h4,6,13H,1-3,5H2/t6-/m0/s1.